The molecule has 0 rings (SSSR count). The van der Waals surface area contributed by atoms with Crippen LogP contribution in [0.25, 0.3) is 0 Å². The van der Waals surface area contributed by atoms with E-state index in [9.17, 15) is 0 Å². The van der Waals surface area contributed by atoms with E-state index >= 15 is 0 Å². The maximum absolute atomic E-state index is 8.18. The molecule has 0 amide bonds. The molecule has 0 bridgehead atoms. The summed E-state index contributed by atoms with van der Waals surface area (Å²) in [7, 11) is 0. The highest BCUT2D eigenvalue weighted by molar-refractivity contribution is 4.81. The third-order valence-corrected chi connectivity index (χ3v) is 0.269. The quantitative estimate of drug-likeness (QED) is 0.485. The summed E-state index contributed by atoms with van der Waals surface area (Å²) in [6.07, 6.45) is 1.35. The van der Waals surface area contributed by atoms with Crippen molar-refractivity contribution in [1.82, 2.24) is 5.32 Å². The standard InChI is InChI=1S/C4H7NO/c1-3-5-4(2)6/h3,5-6H,1-2H2. The van der Waals surface area contributed by atoms with Gasteiger partial charge in [-0.05, 0) is 12.8 Å². The molecule has 0 unspecified atom stereocenters. The minimum absolute atomic E-state index is 0.0787. The van der Waals surface area contributed by atoms with E-state index in [1.54, 1.807) is 0 Å². The van der Waals surface area contributed by atoms with Gasteiger partial charge < -0.3 is 10.4 Å². The van der Waals surface area contributed by atoms with E-state index < -0.39 is 0 Å². The molecule has 0 saturated carbocycles. The van der Waals surface area contributed by atoms with Crippen molar-refractivity contribution in [3.05, 3.63) is 25.2 Å². The van der Waals surface area contributed by atoms with Gasteiger partial charge in [0.15, 0.2) is 5.88 Å². The molecule has 6 heavy (non-hydrogen) atoms. The second-order valence-electron chi connectivity index (χ2n) is 0.795. The van der Waals surface area contributed by atoms with Crippen LogP contribution in [0.5, 0.6) is 0 Å². The minimum atomic E-state index is -0.0787. The van der Waals surface area contributed by atoms with Gasteiger partial charge in [0.25, 0.3) is 0 Å². The molecule has 2 N–H and O–H groups in total. The summed E-state index contributed by atoms with van der Waals surface area (Å²) in [5.74, 6) is -0.0787. The van der Waals surface area contributed by atoms with E-state index in [1.807, 2.05) is 0 Å². The first kappa shape index (κ1) is 5.08. The maximum Gasteiger partial charge on any atom is 0.180 e. The van der Waals surface area contributed by atoms with Gasteiger partial charge in [-0.25, -0.2) is 0 Å². The molecule has 0 saturated heterocycles. The van der Waals surface area contributed by atoms with Crippen LogP contribution in [0.4, 0.5) is 0 Å². The summed E-state index contributed by atoms with van der Waals surface area (Å²) < 4.78 is 0. The Bertz CT molecular complexity index is 67.9. The van der Waals surface area contributed by atoms with Gasteiger partial charge in [0.2, 0.25) is 0 Å². The molecule has 0 heterocycles. The summed E-state index contributed by atoms with van der Waals surface area (Å²) in [6, 6.07) is 0. The molecule has 2 nitrogen and oxygen atoms in total. The monoisotopic (exact) mass is 85.1 g/mol. The summed E-state index contributed by atoms with van der Waals surface area (Å²) >= 11 is 0. The minimum Gasteiger partial charge on any atom is -0.495 e. The molecule has 0 aromatic heterocycles. The van der Waals surface area contributed by atoms with Gasteiger partial charge >= 0.3 is 0 Å². The van der Waals surface area contributed by atoms with E-state index in [0.717, 1.165) is 0 Å². The van der Waals surface area contributed by atoms with Crippen molar-refractivity contribution in [2.45, 2.75) is 0 Å². The van der Waals surface area contributed by atoms with Crippen molar-refractivity contribution in [2.75, 3.05) is 0 Å². The van der Waals surface area contributed by atoms with E-state index in [2.05, 4.69) is 18.5 Å². The lowest BCUT2D eigenvalue weighted by atomic mass is 10.8. The van der Waals surface area contributed by atoms with Crippen LogP contribution < -0.4 is 5.32 Å². The molecule has 0 fully saturated rings. The SMILES string of the molecule is C=CNC(=C)O. The first-order valence-electron chi connectivity index (χ1n) is 1.52. The third kappa shape index (κ3) is 3.08. The fourth-order valence-electron chi connectivity index (χ4n) is 0.118. The molecule has 0 radical (unpaired) electrons. The van der Waals surface area contributed by atoms with Crippen LogP contribution in [0.15, 0.2) is 25.2 Å². The van der Waals surface area contributed by atoms with Crippen LogP contribution in [-0.2, 0) is 0 Å². The van der Waals surface area contributed by atoms with Crippen LogP contribution in [0.3, 0.4) is 0 Å². The molecule has 0 spiro atoms. The fraction of sp³-hybridized carbons (Fsp3) is 0. The van der Waals surface area contributed by atoms with Crippen molar-refractivity contribution in [2.24, 2.45) is 0 Å². The number of aliphatic hydroxyl groups excluding tert-OH is 1. The van der Waals surface area contributed by atoms with Crippen molar-refractivity contribution in [1.29, 1.82) is 0 Å². The second kappa shape index (κ2) is 2.33. The summed E-state index contributed by atoms with van der Waals surface area (Å²) in [6.45, 7) is 6.39. The van der Waals surface area contributed by atoms with Crippen molar-refractivity contribution in [3.8, 4) is 0 Å². The lowest BCUT2D eigenvalue weighted by Gasteiger charge is -1.89. The number of nitrogens with one attached hydrogen (secondary N) is 1. The highest BCUT2D eigenvalue weighted by Crippen LogP contribution is 1.66. The largest absolute Gasteiger partial charge is 0.495 e. The van der Waals surface area contributed by atoms with Gasteiger partial charge in [0.1, 0.15) is 0 Å². The van der Waals surface area contributed by atoms with E-state index in [0.29, 0.717) is 0 Å². The Hall–Kier alpha value is -0.920. The Morgan fingerprint density at radius 1 is 1.83 bits per heavy atom. The number of aliphatic hydroxyl groups is 1. The van der Waals surface area contributed by atoms with Gasteiger partial charge in [0, 0.05) is 0 Å². The summed E-state index contributed by atoms with van der Waals surface area (Å²) in [5, 5.41) is 10.5. The predicted octanol–water partition coefficient (Wildman–Crippen LogP) is 0.749. The zero-order valence-electron chi connectivity index (χ0n) is 3.44. The van der Waals surface area contributed by atoms with Gasteiger partial charge in [-0.3, -0.25) is 0 Å². The molecular weight excluding hydrogens is 78.0 g/mol. The molecule has 0 atom stereocenters. The molecule has 0 aliphatic rings. The zero-order valence-corrected chi connectivity index (χ0v) is 3.44. The zero-order chi connectivity index (χ0) is 4.99. The highest BCUT2D eigenvalue weighted by Gasteiger charge is 1.69. The first-order chi connectivity index (χ1) is 2.77. The summed E-state index contributed by atoms with van der Waals surface area (Å²) in [5.41, 5.74) is 0. The smallest absolute Gasteiger partial charge is 0.180 e. The van der Waals surface area contributed by atoms with Gasteiger partial charge in [-0.15, -0.1) is 0 Å². The fourth-order valence-corrected chi connectivity index (χ4v) is 0.118. The van der Waals surface area contributed by atoms with Crippen LogP contribution in [-0.4, -0.2) is 5.11 Å². The van der Waals surface area contributed by atoms with Crippen LogP contribution >= 0.6 is 0 Å². The Morgan fingerprint density at radius 3 is 2.33 bits per heavy atom. The molecule has 0 aliphatic carbocycles. The average Bonchev–Trinajstić information content (AvgIpc) is 1.35. The van der Waals surface area contributed by atoms with Gasteiger partial charge in [-0.1, -0.05) is 6.58 Å². The Balaban J connectivity index is 3.05. The molecule has 0 aromatic rings. The van der Waals surface area contributed by atoms with E-state index in [-0.39, 0.29) is 5.88 Å². The van der Waals surface area contributed by atoms with E-state index in [1.165, 1.54) is 6.20 Å². The topological polar surface area (TPSA) is 32.3 Å². The predicted molar refractivity (Wildman–Crippen MR) is 25.1 cm³/mol. The lowest BCUT2D eigenvalue weighted by Crippen LogP contribution is -1.99. The van der Waals surface area contributed by atoms with Crippen molar-refractivity contribution < 1.29 is 5.11 Å². The Labute approximate surface area is 36.8 Å². The molecule has 0 aliphatic heterocycles. The maximum atomic E-state index is 8.18. The third-order valence-electron chi connectivity index (χ3n) is 0.269. The number of hydrogen-bond acceptors (Lipinski definition) is 2. The van der Waals surface area contributed by atoms with Crippen LogP contribution in [0.1, 0.15) is 0 Å². The van der Waals surface area contributed by atoms with Gasteiger partial charge in [-0.2, -0.15) is 0 Å². The molecule has 2 heteroatoms. The Morgan fingerprint density at radius 2 is 2.33 bits per heavy atom. The van der Waals surface area contributed by atoms with Crippen molar-refractivity contribution in [3.63, 3.8) is 0 Å². The van der Waals surface area contributed by atoms with Crippen LogP contribution in [0.2, 0.25) is 0 Å². The van der Waals surface area contributed by atoms with Crippen molar-refractivity contribution >= 4 is 0 Å². The normalized spacial score (nSPS) is 6.67. The molecular formula is C4H7NO. The average molecular weight is 85.1 g/mol. The van der Waals surface area contributed by atoms with Crippen LogP contribution in [0, 0.1) is 0 Å². The first-order valence-corrected chi connectivity index (χ1v) is 1.52. The number of hydrogen-bond donors (Lipinski definition) is 2. The number of rotatable bonds is 2. The van der Waals surface area contributed by atoms with E-state index in [4.69, 9.17) is 5.11 Å². The molecule has 0 aromatic carbocycles. The van der Waals surface area contributed by atoms with Gasteiger partial charge in [0.05, 0.1) is 0 Å². The lowest BCUT2D eigenvalue weighted by molar-refractivity contribution is 0.386. The summed E-state index contributed by atoms with van der Waals surface area (Å²) in [4.78, 5) is 0. The Kier molecular flexibility index (Phi) is 1.97. The molecule has 34 valence electrons. The second-order valence-corrected chi connectivity index (χ2v) is 0.795. The highest BCUT2D eigenvalue weighted by atomic mass is 16.3.